The smallest absolute Gasteiger partial charge is 0.457 e. The third kappa shape index (κ3) is 32.4. The molecular weight excluding hydrogens is 565 g/mol. The number of carbonyl (C=O) groups excluding carboxylic acids is 1. The Hall–Kier alpha value is -0.760. The van der Waals surface area contributed by atoms with E-state index < -0.39 is 13.9 Å². The van der Waals surface area contributed by atoms with Gasteiger partial charge in [-0.1, -0.05) is 116 Å². The Morgan fingerprint density at radius 3 is 1.86 bits per heavy atom. The summed E-state index contributed by atoms with van der Waals surface area (Å²) in [7, 11) is 1.67. The molecule has 0 aromatic carbocycles. The minimum atomic E-state index is -4.25. The molecule has 8 nitrogen and oxygen atoms in total. The zero-order valence-electron chi connectivity index (χ0n) is 28.7. The number of carbonyl (C=O) groups is 1. The minimum absolute atomic E-state index is 0.0898. The van der Waals surface area contributed by atoms with Crippen LogP contribution in [0.3, 0.4) is 0 Å². The lowest BCUT2D eigenvalue weighted by atomic mass is 10.1. The molecule has 0 amide bonds. The lowest BCUT2D eigenvalue weighted by molar-refractivity contribution is -0.870. The van der Waals surface area contributed by atoms with E-state index >= 15 is 0 Å². The molecule has 9 heteroatoms. The maximum absolute atomic E-state index is 12.5. The highest BCUT2D eigenvalue weighted by atomic mass is 31.2. The number of hydrogen-bond donors (Lipinski definition) is 1. The number of nitrogens with zero attached hydrogens (tertiary/aromatic N) is 1. The van der Waals surface area contributed by atoms with E-state index in [9.17, 15) is 14.3 Å². The highest BCUT2D eigenvalue weighted by molar-refractivity contribution is 7.47. The summed E-state index contributed by atoms with van der Waals surface area (Å²) < 4.78 is 34.7. The second-order valence-electron chi connectivity index (χ2n) is 12.9. The van der Waals surface area contributed by atoms with E-state index in [0.717, 1.165) is 32.1 Å². The minimum Gasteiger partial charge on any atom is -0.457 e. The van der Waals surface area contributed by atoms with Crippen molar-refractivity contribution in [1.82, 2.24) is 0 Å². The van der Waals surface area contributed by atoms with Gasteiger partial charge in [-0.05, 0) is 32.1 Å². The standard InChI is InChI=1S/C34H68NO7P/c1-6-8-10-12-14-16-18-20-22-24-26-29-39-31-33(32-41-43(37,38)40-30-28-35(3,4)5)42-34(36)27-25-23-21-19-17-15-13-11-9-7-2/h10,12,33H,6-9,11,13-32H2,1-5H3/p+1/b12-10-. The fourth-order valence-corrected chi connectivity index (χ4v) is 5.29. The fraction of sp³-hybridized carbons (Fsp3) is 0.912. The van der Waals surface area contributed by atoms with Crippen LogP contribution >= 0.6 is 7.82 Å². The normalized spacial score (nSPS) is 14.3. The van der Waals surface area contributed by atoms with Crippen molar-refractivity contribution < 1.29 is 37.3 Å². The van der Waals surface area contributed by atoms with E-state index in [1.54, 1.807) is 0 Å². The van der Waals surface area contributed by atoms with Crippen molar-refractivity contribution in [2.24, 2.45) is 0 Å². The number of hydrogen-bond acceptors (Lipinski definition) is 6. The summed E-state index contributed by atoms with van der Waals surface area (Å²) >= 11 is 0. The topological polar surface area (TPSA) is 91.3 Å². The zero-order valence-corrected chi connectivity index (χ0v) is 29.6. The molecule has 1 N–H and O–H groups in total. The molecule has 0 aliphatic heterocycles. The maximum Gasteiger partial charge on any atom is 0.472 e. The van der Waals surface area contributed by atoms with Crippen LogP contribution in [0.1, 0.15) is 142 Å². The third-order valence-corrected chi connectivity index (χ3v) is 8.29. The van der Waals surface area contributed by atoms with Gasteiger partial charge in [-0.3, -0.25) is 13.8 Å². The highest BCUT2D eigenvalue weighted by Gasteiger charge is 2.26. The molecule has 0 fully saturated rings. The molecule has 0 saturated carbocycles. The van der Waals surface area contributed by atoms with Crippen LogP contribution in [0.15, 0.2) is 12.2 Å². The number of rotatable bonds is 32. The summed E-state index contributed by atoms with van der Waals surface area (Å²) in [6.45, 7) is 5.54. The molecular formula is C34H69NO7P+. The first-order valence-electron chi connectivity index (χ1n) is 17.4. The molecule has 0 aromatic heterocycles. The van der Waals surface area contributed by atoms with Crippen molar-refractivity contribution >= 4 is 13.8 Å². The summed E-state index contributed by atoms with van der Waals surface area (Å²) in [5, 5.41) is 0. The highest BCUT2D eigenvalue weighted by Crippen LogP contribution is 2.43. The van der Waals surface area contributed by atoms with E-state index in [-0.39, 0.29) is 25.8 Å². The van der Waals surface area contributed by atoms with Crippen molar-refractivity contribution in [3.8, 4) is 0 Å². The summed E-state index contributed by atoms with van der Waals surface area (Å²) in [6.07, 6.45) is 26.6. The lowest BCUT2D eigenvalue weighted by Gasteiger charge is -2.24. The molecule has 256 valence electrons. The van der Waals surface area contributed by atoms with Crippen molar-refractivity contribution in [3.63, 3.8) is 0 Å². The molecule has 2 unspecified atom stereocenters. The predicted octanol–water partition coefficient (Wildman–Crippen LogP) is 9.15. The number of esters is 1. The summed E-state index contributed by atoms with van der Waals surface area (Å²) in [4.78, 5) is 22.6. The zero-order chi connectivity index (χ0) is 32.1. The molecule has 0 bridgehead atoms. The van der Waals surface area contributed by atoms with Gasteiger partial charge in [0.15, 0.2) is 0 Å². The number of phosphoric acid groups is 1. The van der Waals surface area contributed by atoms with Crippen LogP contribution in [0.2, 0.25) is 0 Å². The second-order valence-corrected chi connectivity index (χ2v) is 14.4. The van der Waals surface area contributed by atoms with Crippen LogP contribution in [0.25, 0.3) is 0 Å². The molecule has 0 spiro atoms. The van der Waals surface area contributed by atoms with Gasteiger partial charge < -0.3 is 18.9 Å². The molecule has 43 heavy (non-hydrogen) atoms. The van der Waals surface area contributed by atoms with Crippen LogP contribution in [0, 0.1) is 0 Å². The van der Waals surface area contributed by atoms with Gasteiger partial charge in [0.25, 0.3) is 0 Å². The molecule has 0 aliphatic rings. The van der Waals surface area contributed by atoms with Gasteiger partial charge in [0.1, 0.15) is 19.3 Å². The Morgan fingerprint density at radius 2 is 1.26 bits per heavy atom. The average molecular weight is 635 g/mol. The van der Waals surface area contributed by atoms with Crippen LogP contribution in [-0.4, -0.2) is 75.6 Å². The van der Waals surface area contributed by atoms with Crippen LogP contribution < -0.4 is 0 Å². The van der Waals surface area contributed by atoms with Crippen molar-refractivity contribution in [3.05, 3.63) is 12.2 Å². The van der Waals surface area contributed by atoms with E-state index in [2.05, 4.69) is 26.0 Å². The predicted molar refractivity (Wildman–Crippen MR) is 178 cm³/mol. The monoisotopic (exact) mass is 634 g/mol. The lowest BCUT2D eigenvalue weighted by Crippen LogP contribution is -2.37. The van der Waals surface area contributed by atoms with E-state index in [0.29, 0.717) is 24.1 Å². The number of unbranched alkanes of at least 4 members (excludes halogenated alkanes) is 16. The van der Waals surface area contributed by atoms with Crippen LogP contribution in [0.5, 0.6) is 0 Å². The van der Waals surface area contributed by atoms with Crippen LogP contribution in [-0.2, 0) is 27.9 Å². The molecule has 0 aromatic rings. The van der Waals surface area contributed by atoms with Crippen molar-refractivity contribution in [1.29, 1.82) is 0 Å². The molecule has 2 atom stereocenters. The van der Waals surface area contributed by atoms with Gasteiger partial charge in [0, 0.05) is 13.0 Å². The summed E-state index contributed by atoms with van der Waals surface area (Å²) in [5.74, 6) is -0.319. The SMILES string of the molecule is CCC/C=C\CCCCCCCCOCC(COP(=O)(O)OCC[N+](C)(C)C)OC(=O)CCCCCCCCCCCC. The van der Waals surface area contributed by atoms with E-state index in [1.807, 2.05) is 21.1 Å². The molecule has 0 saturated heterocycles. The summed E-state index contributed by atoms with van der Waals surface area (Å²) in [5.41, 5.74) is 0. The maximum atomic E-state index is 12.5. The first kappa shape index (κ1) is 42.2. The molecule has 0 rings (SSSR count). The van der Waals surface area contributed by atoms with Crippen molar-refractivity contribution in [2.75, 3.05) is 54.1 Å². The Balaban J connectivity index is 4.35. The fourth-order valence-electron chi connectivity index (χ4n) is 4.55. The van der Waals surface area contributed by atoms with E-state index in [4.69, 9.17) is 18.5 Å². The molecule has 0 radical (unpaired) electrons. The first-order valence-corrected chi connectivity index (χ1v) is 18.9. The average Bonchev–Trinajstić information content (AvgIpc) is 2.94. The van der Waals surface area contributed by atoms with Gasteiger partial charge in [0.2, 0.25) is 0 Å². The quantitative estimate of drug-likeness (QED) is 0.0259. The third-order valence-electron chi connectivity index (χ3n) is 7.31. The van der Waals surface area contributed by atoms with Gasteiger partial charge >= 0.3 is 13.8 Å². The molecule has 0 aliphatic carbocycles. The Kier molecular flexibility index (Phi) is 28.2. The number of ether oxygens (including phenoxy) is 2. The van der Waals surface area contributed by atoms with Crippen molar-refractivity contribution in [2.45, 2.75) is 148 Å². The van der Waals surface area contributed by atoms with E-state index in [1.165, 1.54) is 89.9 Å². The first-order chi connectivity index (χ1) is 20.6. The van der Waals surface area contributed by atoms with Gasteiger partial charge in [-0.25, -0.2) is 4.57 Å². The van der Waals surface area contributed by atoms with Gasteiger partial charge in [-0.2, -0.15) is 0 Å². The van der Waals surface area contributed by atoms with Crippen LogP contribution in [0.4, 0.5) is 0 Å². The Bertz CT molecular complexity index is 711. The molecule has 0 heterocycles. The largest absolute Gasteiger partial charge is 0.472 e. The Morgan fingerprint density at radius 1 is 0.698 bits per heavy atom. The Labute approximate surface area is 265 Å². The number of quaternary nitrogens is 1. The number of allylic oxidation sites excluding steroid dienone is 2. The number of likely N-dealkylation sites (N-methyl/N-ethyl adjacent to an activating group) is 1. The second kappa shape index (κ2) is 28.7. The number of phosphoric ester groups is 1. The summed E-state index contributed by atoms with van der Waals surface area (Å²) in [6, 6.07) is 0. The van der Waals surface area contributed by atoms with Gasteiger partial charge in [-0.15, -0.1) is 0 Å². The van der Waals surface area contributed by atoms with Gasteiger partial charge in [0.05, 0.1) is 34.4 Å².